The average molecular weight is 374 g/mol. The van der Waals surface area contributed by atoms with E-state index in [2.05, 4.69) is 5.32 Å². The Morgan fingerprint density at radius 3 is 2.67 bits per heavy atom. The van der Waals surface area contributed by atoms with Gasteiger partial charge in [-0.2, -0.15) is 0 Å². The molecular formula is C16H21Cl2N3O3. The molecule has 2 amide bonds. The highest BCUT2D eigenvalue weighted by Gasteiger charge is 2.21. The van der Waals surface area contributed by atoms with Crippen molar-refractivity contribution in [3.05, 3.63) is 28.2 Å². The van der Waals surface area contributed by atoms with E-state index in [0.717, 1.165) is 25.9 Å². The standard InChI is InChI=1S/C16H21Cl2N3O3/c17-12-2-1-3-13(16(12)18)24-9-6-15(23)20-11-4-7-21(8-5-11)10-14(19)22/h1-3,11H,4-10H2,(H2,19,22)(H,20,23). The second kappa shape index (κ2) is 9.11. The smallest absolute Gasteiger partial charge is 0.231 e. The molecule has 2 rings (SSSR count). The maximum Gasteiger partial charge on any atom is 0.231 e. The Labute approximate surface area is 151 Å². The molecule has 0 bridgehead atoms. The summed E-state index contributed by atoms with van der Waals surface area (Å²) >= 11 is 11.9. The highest BCUT2D eigenvalue weighted by atomic mass is 35.5. The van der Waals surface area contributed by atoms with Crippen molar-refractivity contribution in [2.45, 2.75) is 25.3 Å². The molecule has 0 saturated carbocycles. The maximum absolute atomic E-state index is 12.0. The van der Waals surface area contributed by atoms with Gasteiger partial charge in [-0.1, -0.05) is 29.3 Å². The largest absolute Gasteiger partial charge is 0.491 e. The molecule has 3 N–H and O–H groups in total. The fourth-order valence-corrected chi connectivity index (χ4v) is 2.95. The Bertz CT molecular complexity index is 590. The van der Waals surface area contributed by atoms with Crippen molar-refractivity contribution in [1.82, 2.24) is 10.2 Å². The van der Waals surface area contributed by atoms with Crippen molar-refractivity contribution < 1.29 is 14.3 Å². The fraction of sp³-hybridized carbons (Fsp3) is 0.500. The second-order valence-corrected chi connectivity index (χ2v) is 6.52. The molecule has 0 aliphatic carbocycles. The number of nitrogens with two attached hydrogens (primary N) is 1. The van der Waals surface area contributed by atoms with Crippen molar-refractivity contribution in [2.75, 3.05) is 26.2 Å². The monoisotopic (exact) mass is 373 g/mol. The van der Waals surface area contributed by atoms with Gasteiger partial charge in [0.25, 0.3) is 0 Å². The van der Waals surface area contributed by atoms with Crippen LogP contribution in [0, 0.1) is 0 Å². The SMILES string of the molecule is NC(=O)CN1CCC(NC(=O)CCOc2cccc(Cl)c2Cl)CC1. The van der Waals surface area contributed by atoms with E-state index in [1.54, 1.807) is 18.2 Å². The number of ether oxygens (including phenoxy) is 1. The maximum atomic E-state index is 12.0. The number of rotatable bonds is 7. The molecule has 1 aliphatic heterocycles. The van der Waals surface area contributed by atoms with E-state index in [1.165, 1.54) is 0 Å². The summed E-state index contributed by atoms with van der Waals surface area (Å²) in [4.78, 5) is 24.9. The van der Waals surface area contributed by atoms with Crippen LogP contribution in [0.1, 0.15) is 19.3 Å². The number of nitrogens with one attached hydrogen (secondary N) is 1. The van der Waals surface area contributed by atoms with Gasteiger partial charge in [-0.25, -0.2) is 0 Å². The van der Waals surface area contributed by atoms with Crippen molar-refractivity contribution >= 4 is 35.0 Å². The van der Waals surface area contributed by atoms with Crippen LogP contribution in [0.5, 0.6) is 5.75 Å². The predicted octanol–water partition coefficient (Wildman–Crippen LogP) is 1.83. The summed E-state index contributed by atoms with van der Waals surface area (Å²) in [6.45, 7) is 2.01. The molecule has 0 atom stereocenters. The van der Waals surface area contributed by atoms with Gasteiger partial charge < -0.3 is 15.8 Å². The van der Waals surface area contributed by atoms with Crippen LogP contribution < -0.4 is 15.8 Å². The van der Waals surface area contributed by atoms with Crippen LogP contribution in [0.15, 0.2) is 18.2 Å². The van der Waals surface area contributed by atoms with E-state index in [4.69, 9.17) is 33.7 Å². The number of nitrogens with zero attached hydrogens (tertiary/aromatic N) is 1. The number of hydrogen-bond donors (Lipinski definition) is 2. The zero-order valence-electron chi connectivity index (χ0n) is 13.3. The highest BCUT2D eigenvalue weighted by Crippen LogP contribution is 2.31. The Morgan fingerprint density at radius 1 is 1.29 bits per heavy atom. The fourth-order valence-electron chi connectivity index (χ4n) is 2.60. The van der Waals surface area contributed by atoms with E-state index >= 15 is 0 Å². The molecule has 1 aromatic carbocycles. The van der Waals surface area contributed by atoms with Gasteiger partial charge in [0.1, 0.15) is 10.8 Å². The van der Waals surface area contributed by atoms with Crippen LogP contribution in [-0.2, 0) is 9.59 Å². The first-order valence-electron chi connectivity index (χ1n) is 7.82. The molecule has 1 heterocycles. The Morgan fingerprint density at radius 2 is 2.00 bits per heavy atom. The van der Waals surface area contributed by atoms with Gasteiger partial charge in [0.15, 0.2) is 0 Å². The van der Waals surface area contributed by atoms with Crippen LogP contribution in [0.3, 0.4) is 0 Å². The third-order valence-corrected chi connectivity index (χ3v) is 4.64. The van der Waals surface area contributed by atoms with E-state index in [1.807, 2.05) is 4.90 Å². The Balaban J connectivity index is 1.67. The lowest BCUT2D eigenvalue weighted by atomic mass is 10.0. The average Bonchev–Trinajstić information content (AvgIpc) is 2.53. The summed E-state index contributed by atoms with van der Waals surface area (Å²) in [5, 5.41) is 3.75. The first-order valence-corrected chi connectivity index (χ1v) is 8.58. The van der Waals surface area contributed by atoms with Crippen molar-refractivity contribution in [3.8, 4) is 5.75 Å². The first-order chi connectivity index (χ1) is 11.5. The summed E-state index contributed by atoms with van der Waals surface area (Å²) in [6.07, 6.45) is 1.85. The normalized spacial score (nSPS) is 15.9. The lowest BCUT2D eigenvalue weighted by Crippen LogP contribution is -2.46. The minimum absolute atomic E-state index is 0.0681. The molecule has 6 nitrogen and oxygen atoms in total. The van der Waals surface area contributed by atoms with Crippen molar-refractivity contribution in [3.63, 3.8) is 0 Å². The van der Waals surface area contributed by atoms with Gasteiger partial charge in [0.05, 0.1) is 24.6 Å². The van der Waals surface area contributed by atoms with Crippen molar-refractivity contribution in [1.29, 1.82) is 0 Å². The molecule has 0 radical (unpaired) electrons. The lowest BCUT2D eigenvalue weighted by molar-refractivity contribution is -0.123. The number of hydrogen-bond acceptors (Lipinski definition) is 4. The van der Waals surface area contributed by atoms with Crippen LogP contribution in [0.2, 0.25) is 10.0 Å². The molecule has 132 valence electrons. The summed E-state index contributed by atoms with van der Waals surface area (Å²) in [6, 6.07) is 5.24. The molecule has 8 heteroatoms. The lowest BCUT2D eigenvalue weighted by Gasteiger charge is -2.31. The summed E-state index contributed by atoms with van der Waals surface area (Å²) < 4.78 is 5.50. The van der Waals surface area contributed by atoms with Crippen LogP contribution in [-0.4, -0.2) is 49.0 Å². The summed E-state index contributed by atoms with van der Waals surface area (Å²) in [5.41, 5.74) is 5.18. The molecule has 0 aromatic heterocycles. The highest BCUT2D eigenvalue weighted by molar-refractivity contribution is 6.42. The Kier molecular flexibility index (Phi) is 7.15. The molecule has 1 aromatic rings. The van der Waals surface area contributed by atoms with Crippen LogP contribution in [0.4, 0.5) is 0 Å². The van der Waals surface area contributed by atoms with E-state index in [-0.39, 0.29) is 37.4 Å². The third-order valence-electron chi connectivity index (χ3n) is 3.83. The number of carbonyl (C=O) groups is 2. The van der Waals surface area contributed by atoms with Crippen molar-refractivity contribution in [2.24, 2.45) is 5.73 Å². The van der Waals surface area contributed by atoms with Crippen LogP contribution in [0.25, 0.3) is 0 Å². The minimum Gasteiger partial charge on any atom is -0.491 e. The number of halogens is 2. The van der Waals surface area contributed by atoms with Gasteiger partial charge in [-0.05, 0) is 25.0 Å². The quantitative estimate of drug-likeness (QED) is 0.763. The van der Waals surface area contributed by atoms with Gasteiger partial charge in [-0.3, -0.25) is 14.5 Å². The zero-order chi connectivity index (χ0) is 17.5. The molecule has 0 spiro atoms. The summed E-state index contributed by atoms with van der Waals surface area (Å²) in [7, 11) is 0. The van der Waals surface area contributed by atoms with E-state index < -0.39 is 0 Å². The molecule has 1 aliphatic rings. The van der Waals surface area contributed by atoms with Gasteiger partial charge in [0, 0.05) is 19.1 Å². The number of primary amides is 1. The molecular weight excluding hydrogens is 353 g/mol. The number of carbonyl (C=O) groups excluding carboxylic acids is 2. The number of piperidine rings is 1. The predicted molar refractivity (Wildman–Crippen MR) is 93.4 cm³/mol. The van der Waals surface area contributed by atoms with E-state index in [0.29, 0.717) is 15.8 Å². The molecule has 1 saturated heterocycles. The second-order valence-electron chi connectivity index (χ2n) is 5.73. The minimum atomic E-state index is -0.325. The van der Waals surface area contributed by atoms with Gasteiger partial charge in [0.2, 0.25) is 11.8 Å². The van der Waals surface area contributed by atoms with Gasteiger partial charge in [-0.15, -0.1) is 0 Å². The number of amides is 2. The molecule has 24 heavy (non-hydrogen) atoms. The van der Waals surface area contributed by atoms with Crippen LogP contribution >= 0.6 is 23.2 Å². The number of likely N-dealkylation sites (tertiary alicyclic amines) is 1. The Hall–Kier alpha value is -1.50. The van der Waals surface area contributed by atoms with Gasteiger partial charge >= 0.3 is 0 Å². The first kappa shape index (κ1) is 18.8. The number of benzene rings is 1. The van der Waals surface area contributed by atoms with E-state index in [9.17, 15) is 9.59 Å². The third kappa shape index (κ3) is 5.85. The molecule has 1 fully saturated rings. The zero-order valence-corrected chi connectivity index (χ0v) is 14.8. The molecule has 0 unspecified atom stereocenters. The summed E-state index contributed by atoms with van der Waals surface area (Å²) in [5.74, 6) is 0.0764. The topological polar surface area (TPSA) is 84.7 Å².